The van der Waals surface area contributed by atoms with Gasteiger partial charge < -0.3 is 19.7 Å². The van der Waals surface area contributed by atoms with E-state index in [1.807, 2.05) is 32.9 Å². The summed E-state index contributed by atoms with van der Waals surface area (Å²) in [5, 5.41) is 3.37. The first kappa shape index (κ1) is 26.9. The summed E-state index contributed by atoms with van der Waals surface area (Å²) in [6.45, 7) is 8.77. The van der Waals surface area contributed by atoms with Gasteiger partial charge in [-0.15, -0.1) is 24.0 Å². The van der Waals surface area contributed by atoms with Gasteiger partial charge in [-0.05, 0) is 44.0 Å². The van der Waals surface area contributed by atoms with Crippen molar-refractivity contribution in [1.82, 2.24) is 14.5 Å². The number of hydrogen-bond acceptors (Lipinski definition) is 5. The van der Waals surface area contributed by atoms with Crippen molar-refractivity contribution < 1.29 is 17.9 Å². The summed E-state index contributed by atoms with van der Waals surface area (Å²) in [5.74, 6) is 1.62. The number of nitrogens with one attached hydrogen (secondary N) is 1. The van der Waals surface area contributed by atoms with E-state index in [9.17, 15) is 8.42 Å². The molecule has 30 heavy (non-hydrogen) atoms. The molecule has 1 fully saturated rings. The Morgan fingerprint density at radius 2 is 1.87 bits per heavy atom. The maximum atomic E-state index is 12.5. The van der Waals surface area contributed by atoms with Crippen molar-refractivity contribution in [2.45, 2.75) is 33.4 Å². The Labute approximate surface area is 198 Å². The van der Waals surface area contributed by atoms with Crippen LogP contribution in [-0.4, -0.2) is 82.4 Å². The van der Waals surface area contributed by atoms with Crippen molar-refractivity contribution in [1.29, 1.82) is 0 Å². The lowest BCUT2D eigenvalue weighted by Gasteiger charge is -2.35. The van der Waals surface area contributed by atoms with Crippen molar-refractivity contribution in [3.05, 3.63) is 29.3 Å². The number of benzene rings is 1. The first-order chi connectivity index (χ1) is 13.7. The number of aliphatic imine (C=N–C) groups is 1. The van der Waals surface area contributed by atoms with Crippen LogP contribution in [0, 0.1) is 6.92 Å². The molecule has 1 aliphatic heterocycles. The second kappa shape index (κ2) is 12.7. The first-order valence-electron chi connectivity index (χ1n) is 9.94. The van der Waals surface area contributed by atoms with E-state index >= 15 is 0 Å². The summed E-state index contributed by atoms with van der Waals surface area (Å²) in [7, 11) is 0.107. The maximum absolute atomic E-state index is 12.5. The Bertz CT molecular complexity index is 794. The normalized spacial score (nSPS) is 15.8. The predicted octanol–water partition coefficient (Wildman–Crippen LogP) is 2.07. The van der Waals surface area contributed by atoms with Crippen LogP contribution in [0.1, 0.15) is 25.0 Å². The molecule has 1 aromatic rings. The Kier molecular flexibility index (Phi) is 11.4. The van der Waals surface area contributed by atoms with E-state index in [0.29, 0.717) is 32.7 Å². The lowest BCUT2D eigenvalue weighted by atomic mass is 10.1. The second-order valence-corrected chi connectivity index (χ2v) is 9.47. The number of nitrogens with zero attached hydrogens (tertiary/aromatic N) is 3. The summed E-state index contributed by atoms with van der Waals surface area (Å²) in [4.78, 5) is 6.45. The molecule has 1 N–H and O–H groups in total. The largest absolute Gasteiger partial charge is 0.497 e. The minimum absolute atomic E-state index is 0. The summed E-state index contributed by atoms with van der Waals surface area (Å²) in [6.07, 6.45) is 0.0322. The van der Waals surface area contributed by atoms with Gasteiger partial charge in [0, 0.05) is 39.8 Å². The molecule has 0 aromatic heterocycles. The van der Waals surface area contributed by atoms with E-state index in [0.717, 1.165) is 22.8 Å². The number of piperazine rings is 1. The quantitative estimate of drug-likeness (QED) is 0.301. The number of rotatable bonds is 8. The standard InChI is InChI=1S/C20H34N4O4S.HI/c1-16(2)28-10-11-29(25,26)24-8-6-23(7-9-24)20(21-4)22-15-18-12-17(3)13-19(14-18)27-5;/h12-14,16H,6-11,15H2,1-5H3,(H,21,22);1H. The molecule has 0 radical (unpaired) electrons. The molecule has 1 aliphatic rings. The SMILES string of the molecule is CN=C(NCc1cc(C)cc(OC)c1)N1CCN(S(=O)(=O)CCOC(C)C)CC1.I. The Hall–Kier alpha value is -1.11. The van der Waals surface area contributed by atoms with Crippen LogP contribution in [0.3, 0.4) is 0 Å². The third kappa shape index (κ3) is 8.20. The van der Waals surface area contributed by atoms with Gasteiger partial charge in [0.25, 0.3) is 0 Å². The highest BCUT2D eigenvalue weighted by molar-refractivity contribution is 14.0. The molecule has 0 saturated carbocycles. The molecule has 2 rings (SSSR count). The molecule has 0 amide bonds. The van der Waals surface area contributed by atoms with Crippen LogP contribution in [0.4, 0.5) is 0 Å². The van der Waals surface area contributed by atoms with Gasteiger partial charge in [-0.1, -0.05) is 6.07 Å². The fraction of sp³-hybridized carbons (Fsp3) is 0.650. The highest BCUT2D eigenvalue weighted by Crippen LogP contribution is 2.16. The second-order valence-electron chi connectivity index (χ2n) is 7.38. The topological polar surface area (TPSA) is 83.5 Å². The molecular formula is C20H35IN4O4S. The number of guanidine groups is 1. The van der Waals surface area contributed by atoms with E-state index in [4.69, 9.17) is 9.47 Å². The molecule has 0 aliphatic carbocycles. The van der Waals surface area contributed by atoms with Gasteiger partial charge in [-0.25, -0.2) is 8.42 Å². The van der Waals surface area contributed by atoms with Gasteiger partial charge in [0.15, 0.2) is 5.96 Å². The zero-order chi connectivity index (χ0) is 21.4. The zero-order valence-electron chi connectivity index (χ0n) is 18.6. The van der Waals surface area contributed by atoms with Crippen LogP contribution in [0.15, 0.2) is 23.2 Å². The third-order valence-corrected chi connectivity index (χ3v) is 6.57. The monoisotopic (exact) mass is 554 g/mol. The average molecular weight is 554 g/mol. The molecule has 0 spiro atoms. The van der Waals surface area contributed by atoms with Crippen LogP contribution in [0.25, 0.3) is 0 Å². The molecule has 8 nitrogen and oxygen atoms in total. The number of ether oxygens (including phenoxy) is 2. The lowest BCUT2D eigenvalue weighted by Crippen LogP contribution is -2.54. The highest BCUT2D eigenvalue weighted by Gasteiger charge is 2.28. The average Bonchev–Trinajstić information content (AvgIpc) is 2.68. The highest BCUT2D eigenvalue weighted by atomic mass is 127. The van der Waals surface area contributed by atoms with Crippen LogP contribution in [0.5, 0.6) is 5.75 Å². The summed E-state index contributed by atoms with van der Waals surface area (Å²) < 4.78 is 37.2. The molecule has 1 aromatic carbocycles. The Morgan fingerprint density at radius 3 is 2.43 bits per heavy atom. The maximum Gasteiger partial charge on any atom is 0.216 e. The lowest BCUT2D eigenvalue weighted by molar-refractivity contribution is 0.0904. The van der Waals surface area contributed by atoms with Crippen molar-refractivity contribution in [2.75, 3.05) is 52.7 Å². The Morgan fingerprint density at radius 1 is 1.20 bits per heavy atom. The van der Waals surface area contributed by atoms with Crippen LogP contribution in [-0.2, 0) is 21.3 Å². The summed E-state index contributed by atoms with van der Waals surface area (Å²) >= 11 is 0. The van der Waals surface area contributed by atoms with Gasteiger partial charge in [0.2, 0.25) is 10.0 Å². The van der Waals surface area contributed by atoms with Crippen LogP contribution >= 0.6 is 24.0 Å². The molecule has 0 unspecified atom stereocenters. The molecule has 0 atom stereocenters. The van der Waals surface area contributed by atoms with Gasteiger partial charge in [0.1, 0.15) is 5.75 Å². The predicted molar refractivity (Wildman–Crippen MR) is 131 cm³/mol. The van der Waals surface area contributed by atoms with Crippen molar-refractivity contribution in [3.8, 4) is 5.75 Å². The smallest absolute Gasteiger partial charge is 0.216 e. The van der Waals surface area contributed by atoms with Gasteiger partial charge >= 0.3 is 0 Å². The number of sulfonamides is 1. The molecule has 0 bridgehead atoms. The van der Waals surface area contributed by atoms with Gasteiger partial charge in [-0.3, -0.25) is 4.99 Å². The minimum Gasteiger partial charge on any atom is -0.497 e. The zero-order valence-corrected chi connectivity index (χ0v) is 21.7. The van der Waals surface area contributed by atoms with E-state index in [1.54, 1.807) is 18.5 Å². The number of halogens is 1. The molecule has 10 heteroatoms. The fourth-order valence-electron chi connectivity index (χ4n) is 3.25. The van der Waals surface area contributed by atoms with E-state index in [-0.39, 0.29) is 42.4 Å². The Balaban J connectivity index is 0.00000450. The molecule has 1 saturated heterocycles. The van der Waals surface area contributed by atoms with E-state index in [1.165, 1.54) is 0 Å². The van der Waals surface area contributed by atoms with Crippen molar-refractivity contribution >= 4 is 40.0 Å². The van der Waals surface area contributed by atoms with Gasteiger partial charge in [0.05, 0.1) is 25.6 Å². The molecule has 172 valence electrons. The van der Waals surface area contributed by atoms with Crippen LogP contribution < -0.4 is 10.1 Å². The van der Waals surface area contributed by atoms with Gasteiger partial charge in [-0.2, -0.15) is 4.31 Å². The first-order valence-corrected chi connectivity index (χ1v) is 11.6. The van der Waals surface area contributed by atoms with E-state index in [2.05, 4.69) is 21.3 Å². The minimum atomic E-state index is -3.30. The number of hydrogen-bond donors (Lipinski definition) is 1. The van der Waals surface area contributed by atoms with Crippen molar-refractivity contribution in [2.24, 2.45) is 4.99 Å². The summed E-state index contributed by atoms with van der Waals surface area (Å²) in [5.41, 5.74) is 2.24. The molecule has 1 heterocycles. The van der Waals surface area contributed by atoms with E-state index < -0.39 is 10.0 Å². The number of aryl methyl sites for hydroxylation is 1. The molecular weight excluding hydrogens is 519 g/mol. The third-order valence-electron chi connectivity index (χ3n) is 4.73. The fourth-order valence-corrected chi connectivity index (χ4v) is 4.54. The van der Waals surface area contributed by atoms with Crippen molar-refractivity contribution in [3.63, 3.8) is 0 Å². The van der Waals surface area contributed by atoms with Crippen LogP contribution in [0.2, 0.25) is 0 Å². The summed E-state index contributed by atoms with van der Waals surface area (Å²) in [6, 6.07) is 6.09. The number of methoxy groups -OCH3 is 1.